The van der Waals surface area contributed by atoms with Gasteiger partial charge in [0.2, 0.25) is 0 Å². The summed E-state index contributed by atoms with van der Waals surface area (Å²) in [5.41, 5.74) is 1.34. The Labute approximate surface area is 137 Å². The minimum atomic E-state index is -1.60. The molecule has 1 saturated heterocycles. The zero-order valence-electron chi connectivity index (χ0n) is 14.9. The third-order valence-corrected chi connectivity index (χ3v) is 9.65. The first kappa shape index (κ1) is 17.5. The SMILES string of the molecule is CC(C)(C)[Si](C)(C)OCCNC1CCN(c2ccccc2)C1. The smallest absolute Gasteiger partial charge is 0.192 e. The molecule has 1 aromatic carbocycles. The molecule has 1 N–H and O–H groups in total. The van der Waals surface area contributed by atoms with Crippen LogP contribution in [-0.2, 0) is 4.43 Å². The number of nitrogens with one attached hydrogen (secondary N) is 1. The molecule has 0 aromatic heterocycles. The molecule has 1 aliphatic rings. The van der Waals surface area contributed by atoms with Crippen molar-refractivity contribution in [2.45, 2.75) is 51.4 Å². The molecule has 3 nitrogen and oxygen atoms in total. The van der Waals surface area contributed by atoms with Gasteiger partial charge >= 0.3 is 0 Å². The van der Waals surface area contributed by atoms with Gasteiger partial charge in [-0.05, 0) is 36.7 Å². The van der Waals surface area contributed by atoms with Crippen LogP contribution in [-0.4, -0.2) is 40.6 Å². The van der Waals surface area contributed by atoms with E-state index in [-0.39, 0.29) is 0 Å². The average molecular weight is 321 g/mol. The summed E-state index contributed by atoms with van der Waals surface area (Å²) in [4.78, 5) is 2.46. The first-order chi connectivity index (χ1) is 10.3. The van der Waals surface area contributed by atoms with Crippen LogP contribution in [0.15, 0.2) is 30.3 Å². The summed E-state index contributed by atoms with van der Waals surface area (Å²) in [6.07, 6.45) is 1.22. The zero-order chi connectivity index (χ0) is 16.2. The maximum absolute atomic E-state index is 6.23. The fourth-order valence-electron chi connectivity index (χ4n) is 2.59. The average Bonchev–Trinajstić information content (AvgIpc) is 2.92. The molecule has 0 bridgehead atoms. The van der Waals surface area contributed by atoms with Crippen molar-refractivity contribution in [3.63, 3.8) is 0 Å². The van der Waals surface area contributed by atoms with Gasteiger partial charge in [0.25, 0.3) is 0 Å². The lowest BCUT2D eigenvalue weighted by molar-refractivity contribution is 0.280. The Morgan fingerprint density at radius 2 is 1.91 bits per heavy atom. The Hall–Kier alpha value is -0.843. The molecule has 1 fully saturated rings. The van der Waals surface area contributed by atoms with Crippen molar-refractivity contribution >= 4 is 14.0 Å². The minimum absolute atomic E-state index is 0.296. The van der Waals surface area contributed by atoms with Gasteiger partial charge in [-0.1, -0.05) is 39.0 Å². The Balaban J connectivity index is 1.69. The van der Waals surface area contributed by atoms with Gasteiger partial charge in [-0.25, -0.2) is 0 Å². The van der Waals surface area contributed by atoms with Gasteiger partial charge < -0.3 is 14.6 Å². The van der Waals surface area contributed by atoms with E-state index >= 15 is 0 Å². The molecule has 0 aliphatic carbocycles. The van der Waals surface area contributed by atoms with E-state index in [4.69, 9.17) is 4.43 Å². The number of nitrogens with zero attached hydrogens (tertiary/aromatic N) is 1. The van der Waals surface area contributed by atoms with E-state index < -0.39 is 8.32 Å². The molecule has 124 valence electrons. The van der Waals surface area contributed by atoms with Crippen LogP contribution in [0, 0.1) is 0 Å². The molecule has 1 atom stereocenters. The van der Waals surface area contributed by atoms with Crippen LogP contribution in [0.25, 0.3) is 0 Å². The van der Waals surface area contributed by atoms with E-state index in [2.05, 4.69) is 74.4 Å². The molecule has 0 saturated carbocycles. The van der Waals surface area contributed by atoms with Gasteiger partial charge in [0.05, 0.1) is 0 Å². The van der Waals surface area contributed by atoms with Crippen LogP contribution in [0.3, 0.4) is 0 Å². The monoisotopic (exact) mass is 320 g/mol. The number of hydrogen-bond acceptors (Lipinski definition) is 3. The fraction of sp³-hybridized carbons (Fsp3) is 0.667. The molecule has 0 radical (unpaired) electrons. The van der Waals surface area contributed by atoms with Gasteiger partial charge in [0, 0.05) is 38.0 Å². The summed E-state index contributed by atoms with van der Waals surface area (Å²) >= 11 is 0. The maximum atomic E-state index is 6.23. The van der Waals surface area contributed by atoms with Crippen molar-refractivity contribution in [2.75, 3.05) is 31.1 Å². The second kappa shape index (κ2) is 7.15. The highest BCUT2D eigenvalue weighted by molar-refractivity contribution is 6.74. The molecule has 2 rings (SSSR count). The van der Waals surface area contributed by atoms with Crippen LogP contribution >= 0.6 is 0 Å². The second-order valence-corrected chi connectivity index (χ2v) is 12.6. The number of rotatable bonds is 6. The number of anilines is 1. The molecule has 1 heterocycles. The molecule has 0 amide bonds. The van der Waals surface area contributed by atoms with Crippen LogP contribution < -0.4 is 10.2 Å². The standard InChI is InChI=1S/C18H32N2OSi/c1-18(2,3)22(4,5)21-14-12-19-16-11-13-20(15-16)17-9-7-6-8-10-17/h6-10,16,19H,11-15H2,1-5H3. The van der Waals surface area contributed by atoms with E-state index in [1.54, 1.807) is 0 Å². The summed E-state index contributed by atoms with van der Waals surface area (Å²) in [6, 6.07) is 11.3. The number of para-hydroxylation sites is 1. The van der Waals surface area contributed by atoms with Crippen molar-refractivity contribution in [1.29, 1.82) is 0 Å². The Morgan fingerprint density at radius 1 is 1.23 bits per heavy atom. The molecular weight excluding hydrogens is 288 g/mol. The number of hydrogen-bond donors (Lipinski definition) is 1. The van der Waals surface area contributed by atoms with E-state index in [0.717, 1.165) is 26.2 Å². The predicted molar refractivity (Wildman–Crippen MR) is 98.2 cm³/mol. The van der Waals surface area contributed by atoms with Crippen LogP contribution in [0.5, 0.6) is 0 Å². The van der Waals surface area contributed by atoms with Crippen LogP contribution in [0.4, 0.5) is 5.69 Å². The quantitative estimate of drug-likeness (QED) is 0.636. The van der Waals surface area contributed by atoms with E-state index in [1.165, 1.54) is 12.1 Å². The van der Waals surface area contributed by atoms with Crippen molar-refractivity contribution in [2.24, 2.45) is 0 Å². The van der Waals surface area contributed by atoms with Gasteiger partial charge in [0.1, 0.15) is 0 Å². The molecule has 1 unspecified atom stereocenters. The first-order valence-electron chi connectivity index (χ1n) is 8.47. The highest BCUT2D eigenvalue weighted by Gasteiger charge is 2.36. The van der Waals surface area contributed by atoms with Crippen molar-refractivity contribution in [3.8, 4) is 0 Å². The summed E-state index contributed by atoms with van der Waals surface area (Å²) in [5, 5.41) is 3.96. The topological polar surface area (TPSA) is 24.5 Å². The van der Waals surface area contributed by atoms with E-state index in [1.807, 2.05) is 0 Å². The first-order valence-corrected chi connectivity index (χ1v) is 11.4. The third-order valence-electron chi connectivity index (χ3n) is 5.11. The highest BCUT2D eigenvalue weighted by atomic mass is 28.4. The normalized spacial score (nSPS) is 19.7. The molecular formula is C18H32N2OSi. The largest absolute Gasteiger partial charge is 0.416 e. The minimum Gasteiger partial charge on any atom is -0.416 e. The summed E-state index contributed by atoms with van der Waals surface area (Å²) in [5.74, 6) is 0. The summed E-state index contributed by atoms with van der Waals surface area (Å²) in [7, 11) is -1.60. The summed E-state index contributed by atoms with van der Waals surface area (Å²) in [6.45, 7) is 15.6. The molecule has 0 spiro atoms. The Kier molecular flexibility index (Phi) is 5.69. The lowest BCUT2D eigenvalue weighted by Crippen LogP contribution is -2.43. The predicted octanol–water partition coefficient (Wildman–Crippen LogP) is 3.88. The zero-order valence-corrected chi connectivity index (χ0v) is 15.9. The highest BCUT2D eigenvalue weighted by Crippen LogP contribution is 2.36. The van der Waals surface area contributed by atoms with E-state index in [0.29, 0.717) is 11.1 Å². The molecule has 1 aromatic rings. The van der Waals surface area contributed by atoms with Gasteiger partial charge in [-0.2, -0.15) is 0 Å². The Bertz CT molecular complexity index is 456. The number of benzene rings is 1. The Morgan fingerprint density at radius 3 is 2.55 bits per heavy atom. The fourth-order valence-corrected chi connectivity index (χ4v) is 3.63. The van der Waals surface area contributed by atoms with Crippen molar-refractivity contribution in [1.82, 2.24) is 5.32 Å². The molecule has 1 aliphatic heterocycles. The van der Waals surface area contributed by atoms with Crippen molar-refractivity contribution < 1.29 is 4.43 Å². The van der Waals surface area contributed by atoms with E-state index in [9.17, 15) is 0 Å². The van der Waals surface area contributed by atoms with Gasteiger partial charge in [0.15, 0.2) is 8.32 Å². The van der Waals surface area contributed by atoms with Crippen molar-refractivity contribution in [3.05, 3.63) is 30.3 Å². The lowest BCUT2D eigenvalue weighted by atomic mass is 10.2. The van der Waals surface area contributed by atoms with Gasteiger partial charge in [-0.3, -0.25) is 0 Å². The maximum Gasteiger partial charge on any atom is 0.192 e. The lowest BCUT2D eigenvalue weighted by Gasteiger charge is -2.36. The molecule has 22 heavy (non-hydrogen) atoms. The molecule has 4 heteroatoms. The van der Waals surface area contributed by atoms with Crippen LogP contribution in [0.2, 0.25) is 18.1 Å². The second-order valence-electron chi connectivity index (χ2n) is 7.83. The van der Waals surface area contributed by atoms with Gasteiger partial charge in [-0.15, -0.1) is 0 Å². The van der Waals surface area contributed by atoms with Crippen LogP contribution in [0.1, 0.15) is 27.2 Å². The third kappa shape index (κ3) is 4.57. The summed E-state index contributed by atoms with van der Waals surface area (Å²) < 4.78 is 6.23.